The van der Waals surface area contributed by atoms with E-state index >= 15 is 0 Å². The summed E-state index contributed by atoms with van der Waals surface area (Å²) in [5.74, 6) is 0.842. The second-order valence-electron chi connectivity index (χ2n) is 6.90. The molecule has 1 aliphatic rings. The number of nitrogens with zero attached hydrogens (tertiary/aromatic N) is 2. The van der Waals surface area contributed by atoms with Gasteiger partial charge in [-0.25, -0.2) is 0 Å². The van der Waals surface area contributed by atoms with Crippen molar-refractivity contribution in [3.8, 4) is 0 Å². The van der Waals surface area contributed by atoms with Gasteiger partial charge in [0.2, 0.25) is 0 Å². The zero-order chi connectivity index (χ0) is 18.6. The van der Waals surface area contributed by atoms with Gasteiger partial charge in [0, 0.05) is 39.4 Å². The summed E-state index contributed by atoms with van der Waals surface area (Å²) in [5, 5.41) is 6.80. The van der Waals surface area contributed by atoms with E-state index in [4.69, 9.17) is 9.47 Å². The van der Waals surface area contributed by atoms with E-state index in [2.05, 4.69) is 65.0 Å². The Labute approximate surface area is 181 Å². The number of ether oxygens (including phenoxy) is 2. The summed E-state index contributed by atoms with van der Waals surface area (Å²) < 4.78 is 11.1. The normalized spacial score (nSPS) is 18.2. The van der Waals surface area contributed by atoms with Crippen molar-refractivity contribution in [1.82, 2.24) is 15.5 Å². The molecule has 0 aliphatic carbocycles. The number of hydrogen-bond acceptors (Lipinski definition) is 4. The smallest absolute Gasteiger partial charge is 0.191 e. The number of nitrogens with one attached hydrogen (secondary N) is 2. The molecule has 2 unspecified atom stereocenters. The number of hydrogen-bond donors (Lipinski definition) is 2. The quantitative estimate of drug-likeness (QED) is 0.228. The molecule has 2 rings (SSSR count). The number of benzene rings is 1. The molecule has 27 heavy (non-hydrogen) atoms. The van der Waals surface area contributed by atoms with Gasteiger partial charge in [0.05, 0.1) is 12.7 Å². The van der Waals surface area contributed by atoms with Crippen molar-refractivity contribution in [1.29, 1.82) is 0 Å². The van der Waals surface area contributed by atoms with Gasteiger partial charge in [-0.1, -0.05) is 30.3 Å². The van der Waals surface area contributed by atoms with Crippen LogP contribution < -0.4 is 10.6 Å². The highest BCUT2D eigenvalue weighted by molar-refractivity contribution is 14.0. The van der Waals surface area contributed by atoms with Gasteiger partial charge in [-0.2, -0.15) is 0 Å². The third-order valence-corrected chi connectivity index (χ3v) is 4.63. The molecule has 7 heteroatoms. The van der Waals surface area contributed by atoms with Crippen molar-refractivity contribution >= 4 is 29.9 Å². The number of aliphatic imine (C=N–C) groups is 1. The molecule has 0 radical (unpaired) electrons. The average molecular weight is 490 g/mol. The summed E-state index contributed by atoms with van der Waals surface area (Å²) in [5.41, 5.74) is 1.35. The fraction of sp³-hybridized carbons (Fsp3) is 0.650. The third-order valence-electron chi connectivity index (χ3n) is 4.63. The minimum atomic E-state index is 0. The van der Waals surface area contributed by atoms with Gasteiger partial charge in [-0.3, -0.25) is 4.99 Å². The Morgan fingerprint density at radius 3 is 2.70 bits per heavy atom. The zero-order valence-electron chi connectivity index (χ0n) is 16.8. The fourth-order valence-corrected chi connectivity index (χ4v) is 2.93. The van der Waals surface area contributed by atoms with Crippen molar-refractivity contribution < 1.29 is 9.47 Å². The summed E-state index contributed by atoms with van der Waals surface area (Å²) in [6.07, 6.45) is 3.27. The van der Waals surface area contributed by atoms with E-state index in [-0.39, 0.29) is 30.1 Å². The standard InChI is InChI=1S/C20H34N4O2.HI/c1-21-20(22-11-7-12-26-19-10-13-25-16-19)23-15-18(24(2)3)14-17-8-5-4-6-9-17;/h4-6,8-9,18-19H,7,10-16H2,1-3H3,(H2,21,22,23);1H. The first kappa shape index (κ1) is 24.1. The number of guanidine groups is 1. The van der Waals surface area contributed by atoms with E-state index in [1.165, 1.54) is 5.56 Å². The van der Waals surface area contributed by atoms with Crippen LogP contribution in [0.4, 0.5) is 0 Å². The minimum Gasteiger partial charge on any atom is -0.379 e. The Morgan fingerprint density at radius 2 is 2.07 bits per heavy atom. The molecule has 6 nitrogen and oxygen atoms in total. The van der Waals surface area contributed by atoms with Crippen LogP contribution in [0, 0.1) is 0 Å². The highest BCUT2D eigenvalue weighted by Crippen LogP contribution is 2.08. The highest BCUT2D eigenvalue weighted by atomic mass is 127. The van der Waals surface area contributed by atoms with E-state index in [9.17, 15) is 0 Å². The maximum absolute atomic E-state index is 5.78. The SMILES string of the molecule is CN=C(NCCCOC1CCOC1)NCC(Cc1ccccc1)N(C)C.I. The lowest BCUT2D eigenvalue weighted by Gasteiger charge is -2.25. The van der Waals surface area contributed by atoms with Crippen LogP contribution in [0.15, 0.2) is 35.3 Å². The van der Waals surface area contributed by atoms with Gasteiger partial charge in [0.15, 0.2) is 5.96 Å². The second kappa shape index (κ2) is 14.1. The largest absolute Gasteiger partial charge is 0.379 e. The lowest BCUT2D eigenvalue weighted by atomic mass is 10.1. The Balaban J connectivity index is 0.00000364. The molecule has 1 aromatic rings. The molecule has 1 heterocycles. The number of likely N-dealkylation sites (N-methyl/N-ethyl adjacent to an activating group) is 1. The third kappa shape index (κ3) is 9.73. The summed E-state index contributed by atoms with van der Waals surface area (Å²) in [6.45, 7) is 4.02. The van der Waals surface area contributed by atoms with E-state index in [0.29, 0.717) is 6.04 Å². The molecule has 1 saturated heterocycles. The van der Waals surface area contributed by atoms with Crippen LogP contribution in [0.5, 0.6) is 0 Å². The average Bonchev–Trinajstić information content (AvgIpc) is 3.17. The molecular formula is C20H35IN4O2. The van der Waals surface area contributed by atoms with Gasteiger partial charge in [-0.05, 0) is 38.9 Å². The van der Waals surface area contributed by atoms with E-state index in [1.807, 2.05) is 7.05 Å². The molecule has 2 atom stereocenters. The van der Waals surface area contributed by atoms with E-state index in [1.54, 1.807) is 0 Å². The Hall–Kier alpha value is -0.900. The van der Waals surface area contributed by atoms with Crippen molar-refractivity contribution in [2.24, 2.45) is 4.99 Å². The number of rotatable bonds is 10. The maximum Gasteiger partial charge on any atom is 0.191 e. The van der Waals surface area contributed by atoms with Gasteiger partial charge in [0.1, 0.15) is 0 Å². The first-order chi connectivity index (χ1) is 12.7. The van der Waals surface area contributed by atoms with Crippen molar-refractivity contribution in [2.45, 2.75) is 31.4 Å². The molecule has 0 saturated carbocycles. The molecule has 0 bridgehead atoms. The predicted octanol–water partition coefficient (Wildman–Crippen LogP) is 2.14. The lowest BCUT2D eigenvalue weighted by Crippen LogP contribution is -2.46. The van der Waals surface area contributed by atoms with Crippen LogP contribution in [0.3, 0.4) is 0 Å². The Bertz CT molecular complexity index is 522. The molecular weight excluding hydrogens is 455 g/mol. The molecule has 0 aromatic heterocycles. The van der Waals surface area contributed by atoms with Crippen LogP contribution in [0.25, 0.3) is 0 Å². The molecule has 0 amide bonds. The van der Waals surface area contributed by atoms with Crippen LogP contribution >= 0.6 is 24.0 Å². The van der Waals surface area contributed by atoms with Crippen LogP contribution in [-0.4, -0.2) is 77.1 Å². The fourth-order valence-electron chi connectivity index (χ4n) is 2.93. The van der Waals surface area contributed by atoms with Crippen molar-refractivity contribution in [3.05, 3.63) is 35.9 Å². The minimum absolute atomic E-state index is 0. The topological polar surface area (TPSA) is 58.1 Å². The Morgan fingerprint density at radius 1 is 1.30 bits per heavy atom. The number of halogens is 1. The van der Waals surface area contributed by atoms with E-state index in [0.717, 1.165) is 58.1 Å². The second-order valence-corrected chi connectivity index (χ2v) is 6.90. The van der Waals surface area contributed by atoms with Gasteiger partial charge in [-0.15, -0.1) is 24.0 Å². The first-order valence-electron chi connectivity index (χ1n) is 9.53. The molecule has 1 fully saturated rings. The highest BCUT2D eigenvalue weighted by Gasteiger charge is 2.15. The van der Waals surface area contributed by atoms with Crippen molar-refractivity contribution in [3.63, 3.8) is 0 Å². The van der Waals surface area contributed by atoms with Crippen molar-refractivity contribution in [2.75, 3.05) is 54.1 Å². The molecule has 0 spiro atoms. The van der Waals surface area contributed by atoms with Gasteiger partial charge < -0.3 is 25.0 Å². The van der Waals surface area contributed by atoms with Crippen LogP contribution in [0.1, 0.15) is 18.4 Å². The molecule has 1 aromatic carbocycles. The van der Waals surface area contributed by atoms with Crippen LogP contribution in [-0.2, 0) is 15.9 Å². The molecule has 154 valence electrons. The van der Waals surface area contributed by atoms with Gasteiger partial charge >= 0.3 is 0 Å². The Kier molecular flexibility index (Phi) is 12.6. The first-order valence-corrected chi connectivity index (χ1v) is 9.53. The summed E-state index contributed by atoms with van der Waals surface area (Å²) in [7, 11) is 6.05. The summed E-state index contributed by atoms with van der Waals surface area (Å²) in [4.78, 5) is 6.57. The summed E-state index contributed by atoms with van der Waals surface area (Å²) in [6, 6.07) is 11.0. The predicted molar refractivity (Wildman–Crippen MR) is 122 cm³/mol. The monoisotopic (exact) mass is 490 g/mol. The summed E-state index contributed by atoms with van der Waals surface area (Å²) >= 11 is 0. The lowest BCUT2D eigenvalue weighted by molar-refractivity contribution is 0.0420. The molecule has 1 aliphatic heterocycles. The molecule has 2 N–H and O–H groups in total. The maximum atomic E-state index is 5.78. The van der Waals surface area contributed by atoms with Crippen LogP contribution in [0.2, 0.25) is 0 Å². The van der Waals surface area contributed by atoms with Gasteiger partial charge in [0.25, 0.3) is 0 Å². The zero-order valence-corrected chi connectivity index (χ0v) is 19.1. The van der Waals surface area contributed by atoms with E-state index < -0.39 is 0 Å².